The van der Waals surface area contributed by atoms with Gasteiger partial charge in [-0.3, -0.25) is 9.78 Å². The number of anilines is 2. The lowest BCUT2D eigenvalue weighted by Gasteiger charge is -2.36. The molecule has 0 radical (unpaired) electrons. The second-order valence-electron chi connectivity index (χ2n) is 7.41. The first-order chi connectivity index (χ1) is 13.1. The molecule has 3 heterocycles. The third kappa shape index (κ3) is 3.61. The maximum absolute atomic E-state index is 13.2. The lowest BCUT2D eigenvalue weighted by molar-refractivity contribution is 0.0747. The summed E-state index contributed by atoms with van der Waals surface area (Å²) in [6.07, 6.45) is 4.21. The highest BCUT2D eigenvalue weighted by Crippen LogP contribution is 2.26. The van der Waals surface area contributed by atoms with Crippen LogP contribution in [0.15, 0.2) is 30.5 Å². The van der Waals surface area contributed by atoms with E-state index in [9.17, 15) is 4.79 Å². The van der Waals surface area contributed by atoms with Gasteiger partial charge in [-0.2, -0.15) is 0 Å². The van der Waals surface area contributed by atoms with E-state index < -0.39 is 0 Å². The number of hydrogen-bond donors (Lipinski definition) is 0. The van der Waals surface area contributed by atoms with E-state index >= 15 is 0 Å². The van der Waals surface area contributed by atoms with Crippen LogP contribution in [-0.2, 0) is 0 Å². The molecule has 6 nitrogen and oxygen atoms in total. The van der Waals surface area contributed by atoms with Gasteiger partial charge in [-0.05, 0) is 38.8 Å². The Balaban J connectivity index is 1.47. The number of para-hydroxylation sites is 1. The summed E-state index contributed by atoms with van der Waals surface area (Å²) in [4.78, 5) is 28.8. The molecule has 0 N–H and O–H groups in total. The maximum atomic E-state index is 13.2. The van der Waals surface area contributed by atoms with Gasteiger partial charge < -0.3 is 14.7 Å². The molecular weight excluding hydrogens is 338 g/mol. The molecule has 0 unspecified atom stereocenters. The van der Waals surface area contributed by atoms with Crippen molar-refractivity contribution in [3.63, 3.8) is 0 Å². The molecule has 6 heteroatoms. The van der Waals surface area contributed by atoms with E-state index in [-0.39, 0.29) is 5.91 Å². The zero-order valence-electron chi connectivity index (χ0n) is 16.2. The molecule has 4 rings (SSSR count). The first kappa shape index (κ1) is 17.8. The molecule has 1 aromatic carbocycles. The number of nitrogens with zero attached hydrogens (tertiary/aromatic N) is 5. The molecule has 142 valence electrons. The van der Waals surface area contributed by atoms with Gasteiger partial charge in [0.25, 0.3) is 5.91 Å². The molecule has 27 heavy (non-hydrogen) atoms. The van der Waals surface area contributed by atoms with Crippen LogP contribution >= 0.6 is 0 Å². The molecule has 1 amide bonds. The van der Waals surface area contributed by atoms with Crippen molar-refractivity contribution in [3.8, 4) is 0 Å². The summed E-state index contributed by atoms with van der Waals surface area (Å²) in [5.41, 5.74) is 3.79. The van der Waals surface area contributed by atoms with Gasteiger partial charge in [0.2, 0.25) is 0 Å². The van der Waals surface area contributed by atoms with Crippen LogP contribution in [0, 0.1) is 13.8 Å². The molecule has 2 aromatic rings. The van der Waals surface area contributed by atoms with Gasteiger partial charge in [0.1, 0.15) is 5.82 Å². The highest BCUT2D eigenvalue weighted by Gasteiger charge is 2.27. The third-order valence-corrected chi connectivity index (χ3v) is 5.50. The monoisotopic (exact) mass is 365 g/mol. The van der Waals surface area contributed by atoms with Crippen LogP contribution in [0.1, 0.15) is 34.6 Å². The predicted molar refractivity (Wildman–Crippen MR) is 108 cm³/mol. The van der Waals surface area contributed by atoms with Crippen LogP contribution in [-0.4, -0.2) is 60.0 Å². The number of aromatic nitrogens is 2. The van der Waals surface area contributed by atoms with E-state index in [1.165, 1.54) is 12.8 Å². The van der Waals surface area contributed by atoms with E-state index in [4.69, 9.17) is 0 Å². The van der Waals surface area contributed by atoms with Crippen LogP contribution in [0.4, 0.5) is 11.5 Å². The van der Waals surface area contributed by atoms with E-state index in [0.29, 0.717) is 13.1 Å². The van der Waals surface area contributed by atoms with Crippen molar-refractivity contribution in [3.05, 3.63) is 47.4 Å². The minimum atomic E-state index is 0.143. The number of amides is 1. The standard InChI is InChI=1S/C21H27N5O/c1-16-15-22-17(2)20(23-16)25-11-13-26(14-12-25)21(27)18-7-3-4-8-19(18)24-9-5-6-10-24/h3-4,7-8,15H,5-6,9-14H2,1-2H3. The maximum Gasteiger partial charge on any atom is 0.256 e. The van der Waals surface area contributed by atoms with Crippen LogP contribution in [0.3, 0.4) is 0 Å². The Morgan fingerprint density at radius 3 is 2.37 bits per heavy atom. The summed E-state index contributed by atoms with van der Waals surface area (Å²) in [7, 11) is 0. The summed E-state index contributed by atoms with van der Waals surface area (Å²) in [5, 5.41) is 0. The number of carbonyl (C=O) groups excluding carboxylic acids is 1. The minimum Gasteiger partial charge on any atom is -0.371 e. The van der Waals surface area contributed by atoms with Gasteiger partial charge >= 0.3 is 0 Å². The average Bonchev–Trinajstić information content (AvgIpc) is 3.24. The van der Waals surface area contributed by atoms with Crippen molar-refractivity contribution in [2.75, 3.05) is 49.1 Å². The molecular formula is C21H27N5O. The van der Waals surface area contributed by atoms with Crippen molar-refractivity contribution in [1.82, 2.24) is 14.9 Å². The van der Waals surface area contributed by atoms with Gasteiger partial charge in [0.05, 0.1) is 17.0 Å². The Kier molecular flexibility index (Phi) is 4.97. The molecule has 0 bridgehead atoms. The van der Waals surface area contributed by atoms with E-state index in [0.717, 1.165) is 54.6 Å². The molecule has 2 aliphatic heterocycles. The van der Waals surface area contributed by atoms with E-state index in [1.807, 2.05) is 36.9 Å². The normalized spacial score (nSPS) is 17.5. The summed E-state index contributed by atoms with van der Waals surface area (Å²) in [6.45, 7) is 9.04. The Morgan fingerprint density at radius 2 is 1.63 bits per heavy atom. The number of rotatable bonds is 3. The fraction of sp³-hybridized carbons (Fsp3) is 0.476. The molecule has 0 atom stereocenters. The van der Waals surface area contributed by atoms with E-state index in [1.54, 1.807) is 6.20 Å². The Morgan fingerprint density at radius 1 is 0.926 bits per heavy atom. The van der Waals surface area contributed by atoms with Crippen molar-refractivity contribution in [1.29, 1.82) is 0 Å². The first-order valence-electron chi connectivity index (χ1n) is 9.82. The predicted octanol–water partition coefficient (Wildman–Crippen LogP) is 2.66. The molecule has 2 fully saturated rings. The first-order valence-corrected chi connectivity index (χ1v) is 9.82. The largest absolute Gasteiger partial charge is 0.371 e. The molecule has 2 saturated heterocycles. The fourth-order valence-electron chi connectivity index (χ4n) is 4.00. The molecule has 0 aliphatic carbocycles. The number of carbonyl (C=O) groups is 1. The van der Waals surface area contributed by atoms with Crippen LogP contribution < -0.4 is 9.80 Å². The van der Waals surface area contributed by atoms with Gasteiger partial charge in [0, 0.05) is 51.2 Å². The number of piperazine rings is 1. The van der Waals surface area contributed by atoms with Crippen LogP contribution in [0.25, 0.3) is 0 Å². The van der Waals surface area contributed by atoms with Gasteiger partial charge in [0.15, 0.2) is 0 Å². The Hall–Kier alpha value is -2.63. The number of aryl methyl sites for hydroxylation is 2. The summed E-state index contributed by atoms with van der Waals surface area (Å²) >= 11 is 0. The van der Waals surface area contributed by atoms with Crippen LogP contribution in [0.2, 0.25) is 0 Å². The molecule has 2 aliphatic rings. The molecule has 0 saturated carbocycles. The topological polar surface area (TPSA) is 52.6 Å². The summed E-state index contributed by atoms with van der Waals surface area (Å²) in [6, 6.07) is 8.05. The van der Waals surface area contributed by atoms with Crippen molar-refractivity contribution in [2.45, 2.75) is 26.7 Å². The number of benzene rings is 1. The zero-order chi connectivity index (χ0) is 18.8. The smallest absolute Gasteiger partial charge is 0.256 e. The molecule has 1 aromatic heterocycles. The minimum absolute atomic E-state index is 0.143. The van der Waals surface area contributed by atoms with Crippen molar-refractivity contribution < 1.29 is 4.79 Å². The van der Waals surface area contributed by atoms with Crippen molar-refractivity contribution >= 4 is 17.4 Å². The highest BCUT2D eigenvalue weighted by molar-refractivity contribution is 6.00. The van der Waals surface area contributed by atoms with Gasteiger partial charge in [-0.1, -0.05) is 12.1 Å². The van der Waals surface area contributed by atoms with Crippen LogP contribution in [0.5, 0.6) is 0 Å². The van der Waals surface area contributed by atoms with E-state index in [2.05, 4.69) is 25.8 Å². The summed E-state index contributed by atoms with van der Waals surface area (Å²) in [5.74, 6) is 1.09. The second kappa shape index (κ2) is 7.55. The lowest BCUT2D eigenvalue weighted by atomic mass is 10.1. The van der Waals surface area contributed by atoms with Gasteiger partial charge in [-0.15, -0.1) is 0 Å². The zero-order valence-corrected chi connectivity index (χ0v) is 16.2. The Bertz CT molecular complexity index is 823. The number of hydrogen-bond acceptors (Lipinski definition) is 5. The quantitative estimate of drug-likeness (QED) is 0.837. The SMILES string of the molecule is Cc1cnc(C)c(N2CCN(C(=O)c3ccccc3N3CCCC3)CC2)n1. The fourth-order valence-corrected chi connectivity index (χ4v) is 4.00. The summed E-state index contributed by atoms with van der Waals surface area (Å²) < 4.78 is 0. The second-order valence-corrected chi connectivity index (χ2v) is 7.41. The third-order valence-electron chi connectivity index (χ3n) is 5.50. The lowest BCUT2D eigenvalue weighted by Crippen LogP contribution is -2.49. The average molecular weight is 365 g/mol. The van der Waals surface area contributed by atoms with Gasteiger partial charge in [-0.25, -0.2) is 4.98 Å². The van der Waals surface area contributed by atoms with Crippen molar-refractivity contribution in [2.24, 2.45) is 0 Å². The highest BCUT2D eigenvalue weighted by atomic mass is 16.2. The Labute approximate surface area is 160 Å². The molecule has 0 spiro atoms.